The van der Waals surface area contributed by atoms with Gasteiger partial charge in [0.25, 0.3) is 0 Å². The van der Waals surface area contributed by atoms with Crippen LogP contribution in [0, 0.1) is 5.92 Å². The van der Waals surface area contributed by atoms with Crippen LogP contribution < -0.4 is 15.8 Å². The van der Waals surface area contributed by atoms with Crippen LogP contribution in [0.5, 0.6) is 5.75 Å². The first-order chi connectivity index (χ1) is 10.3. The molecule has 0 spiro atoms. The van der Waals surface area contributed by atoms with Gasteiger partial charge in [0, 0.05) is 13.1 Å². The van der Waals surface area contributed by atoms with Crippen molar-refractivity contribution < 1.29 is 4.74 Å². The van der Waals surface area contributed by atoms with E-state index in [1.165, 1.54) is 24.8 Å². The summed E-state index contributed by atoms with van der Waals surface area (Å²) < 4.78 is 5.15. The van der Waals surface area contributed by atoms with Crippen LogP contribution in [0.3, 0.4) is 0 Å². The van der Waals surface area contributed by atoms with Crippen molar-refractivity contribution in [3.8, 4) is 5.75 Å². The third-order valence-corrected chi connectivity index (χ3v) is 4.10. The molecule has 0 amide bonds. The Morgan fingerprint density at radius 3 is 2.67 bits per heavy atom. The predicted octanol–water partition coefficient (Wildman–Crippen LogP) is 2.72. The van der Waals surface area contributed by atoms with Gasteiger partial charge in [-0.3, -0.25) is 4.99 Å². The molecule has 4 heteroatoms. The number of nitrogens with two attached hydrogens (primary N) is 1. The second-order valence-electron chi connectivity index (χ2n) is 5.75. The quantitative estimate of drug-likeness (QED) is 0.439. The minimum Gasteiger partial charge on any atom is -0.497 e. The highest BCUT2D eigenvalue weighted by molar-refractivity contribution is 5.77. The largest absolute Gasteiger partial charge is 0.497 e. The van der Waals surface area contributed by atoms with E-state index >= 15 is 0 Å². The molecule has 0 unspecified atom stereocenters. The zero-order valence-corrected chi connectivity index (χ0v) is 13.0. The molecule has 4 nitrogen and oxygen atoms in total. The number of ether oxygens (including phenoxy) is 1. The molecule has 116 valence electrons. The molecule has 0 radical (unpaired) electrons. The fraction of sp³-hybridized carbons (Fsp3) is 0.588. The molecule has 0 aromatic heterocycles. The van der Waals surface area contributed by atoms with Crippen LogP contribution in [0.4, 0.5) is 0 Å². The number of rotatable bonds is 8. The molecule has 0 aliphatic heterocycles. The first-order valence-electron chi connectivity index (χ1n) is 7.94. The second kappa shape index (κ2) is 8.55. The number of nitrogens with one attached hydrogen (secondary N) is 1. The van der Waals surface area contributed by atoms with E-state index in [0.29, 0.717) is 5.96 Å². The zero-order chi connectivity index (χ0) is 14.9. The molecule has 0 bridgehead atoms. The van der Waals surface area contributed by atoms with Crippen molar-refractivity contribution in [3.05, 3.63) is 29.8 Å². The molecular formula is C17H27N3O. The Kier molecular flexibility index (Phi) is 6.38. The van der Waals surface area contributed by atoms with Crippen molar-refractivity contribution in [2.45, 2.75) is 38.5 Å². The maximum Gasteiger partial charge on any atom is 0.188 e. The van der Waals surface area contributed by atoms with Gasteiger partial charge in [-0.25, -0.2) is 0 Å². The van der Waals surface area contributed by atoms with Gasteiger partial charge in [-0.15, -0.1) is 0 Å². The van der Waals surface area contributed by atoms with E-state index in [1.807, 2.05) is 12.1 Å². The molecule has 2 rings (SSSR count). The molecule has 1 aliphatic carbocycles. The number of aliphatic imine (C=N–C) groups is 1. The molecule has 21 heavy (non-hydrogen) atoms. The highest BCUT2D eigenvalue weighted by Gasteiger charge is 2.16. The third kappa shape index (κ3) is 5.66. The van der Waals surface area contributed by atoms with Crippen LogP contribution in [0.25, 0.3) is 0 Å². The first-order valence-corrected chi connectivity index (χ1v) is 7.94. The first kappa shape index (κ1) is 15.7. The summed E-state index contributed by atoms with van der Waals surface area (Å²) in [6, 6.07) is 8.28. The number of aryl methyl sites for hydroxylation is 1. The average Bonchev–Trinajstić information content (AvgIpc) is 2.46. The fourth-order valence-corrected chi connectivity index (χ4v) is 2.42. The molecule has 1 aliphatic rings. The van der Waals surface area contributed by atoms with Gasteiger partial charge in [0.1, 0.15) is 5.75 Å². The van der Waals surface area contributed by atoms with Gasteiger partial charge in [-0.1, -0.05) is 18.6 Å². The predicted molar refractivity (Wildman–Crippen MR) is 87.8 cm³/mol. The summed E-state index contributed by atoms with van der Waals surface area (Å²) in [5.41, 5.74) is 7.20. The summed E-state index contributed by atoms with van der Waals surface area (Å²) in [5, 5.41) is 3.20. The normalized spacial score (nSPS) is 15.6. The lowest BCUT2D eigenvalue weighted by atomic mass is 9.86. The average molecular weight is 289 g/mol. The molecule has 3 N–H and O–H groups in total. The molecule has 1 aromatic rings. The van der Waals surface area contributed by atoms with Crippen LogP contribution >= 0.6 is 0 Å². The van der Waals surface area contributed by atoms with Crippen LogP contribution in [0.2, 0.25) is 0 Å². The number of guanidine groups is 1. The molecular weight excluding hydrogens is 262 g/mol. The van der Waals surface area contributed by atoms with Gasteiger partial charge in [0.05, 0.1) is 7.11 Å². The smallest absolute Gasteiger partial charge is 0.188 e. The van der Waals surface area contributed by atoms with Crippen molar-refractivity contribution >= 4 is 5.96 Å². The van der Waals surface area contributed by atoms with Crippen molar-refractivity contribution in [2.75, 3.05) is 20.2 Å². The lowest BCUT2D eigenvalue weighted by molar-refractivity contribution is 0.326. The van der Waals surface area contributed by atoms with E-state index in [-0.39, 0.29) is 0 Å². The van der Waals surface area contributed by atoms with E-state index in [4.69, 9.17) is 10.5 Å². The summed E-state index contributed by atoms with van der Waals surface area (Å²) in [4.78, 5) is 4.39. The lowest BCUT2D eigenvalue weighted by Crippen LogP contribution is -2.33. The number of hydrogen-bond donors (Lipinski definition) is 2. The van der Waals surface area contributed by atoms with Gasteiger partial charge in [-0.05, 0) is 55.7 Å². The van der Waals surface area contributed by atoms with Gasteiger partial charge in [-0.2, -0.15) is 0 Å². The third-order valence-electron chi connectivity index (χ3n) is 4.10. The number of methoxy groups -OCH3 is 1. The van der Waals surface area contributed by atoms with Gasteiger partial charge >= 0.3 is 0 Å². The molecule has 0 atom stereocenters. The van der Waals surface area contributed by atoms with E-state index in [9.17, 15) is 0 Å². The highest BCUT2D eigenvalue weighted by atomic mass is 16.5. The van der Waals surface area contributed by atoms with Crippen LogP contribution in [-0.2, 0) is 6.42 Å². The maximum absolute atomic E-state index is 5.85. The Hall–Kier alpha value is -1.71. The Morgan fingerprint density at radius 2 is 2.05 bits per heavy atom. The lowest BCUT2D eigenvalue weighted by Gasteiger charge is -2.23. The number of nitrogens with zero attached hydrogens (tertiary/aromatic N) is 1. The summed E-state index contributed by atoms with van der Waals surface area (Å²) >= 11 is 0. The molecule has 1 aromatic carbocycles. The van der Waals surface area contributed by atoms with Gasteiger partial charge in [0.2, 0.25) is 0 Å². The molecule has 1 saturated carbocycles. The molecule has 0 heterocycles. The second-order valence-corrected chi connectivity index (χ2v) is 5.75. The number of benzene rings is 1. The summed E-state index contributed by atoms with van der Waals surface area (Å²) in [6.07, 6.45) is 7.34. The summed E-state index contributed by atoms with van der Waals surface area (Å²) in [7, 11) is 1.69. The standard InChI is InChI=1S/C17H27N3O/c1-21-16-10-8-14(9-11-16)5-2-3-12-19-17(18)20-13-15-6-4-7-15/h8-11,15H,2-7,12-13H2,1H3,(H3,18,19,20). The van der Waals surface area contributed by atoms with E-state index in [1.54, 1.807) is 7.11 Å². The number of hydrogen-bond acceptors (Lipinski definition) is 2. The molecule has 0 saturated heterocycles. The Balaban J connectivity index is 1.54. The summed E-state index contributed by atoms with van der Waals surface area (Å²) in [6.45, 7) is 1.79. The van der Waals surface area contributed by atoms with Crippen molar-refractivity contribution in [2.24, 2.45) is 16.6 Å². The van der Waals surface area contributed by atoms with Crippen molar-refractivity contribution in [1.29, 1.82) is 0 Å². The van der Waals surface area contributed by atoms with E-state index in [2.05, 4.69) is 22.4 Å². The van der Waals surface area contributed by atoms with Crippen LogP contribution in [0.1, 0.15) is 37.7 Å². The minimum atomic E-state index is 0.603. The maximum atomic E-state index is 5.85. The Labute approximate surface area is 127 Å². The van der Waals surface area contributed by atoms with Crippen LogP contribution in [-0.4, -0.2) is 26.2 Å². The Bertz CT molecular complexity index is 438. The Morgan fingerprint density at radius 1 is 1.29 bits per heavy atom. The van der Waals surface area contributed by atoms with Crippen molar-refractivity contribution in [1.82, 2.24) is 5.32 Å². The monoisotopic (exact) mass is 289 g/mol. The van der Waals surface area contributed by atoms with E-state index < -0.39 is 0 Å². The fourth-order valence-electron chi connectivity index (χ4n) is 2.42. The van der Waals surface area contributed by atoms with Crippen molar-refractivity contribution in [3.63, 3.8) is 0 Å². The van der Waals surface area contributed by atoms with Gasteiger partial charge in [0.15, 0.2) is 5.96 Å². The van der Waals surface area contributed by atoms with Gasteiger partial charge < -0.3 is 15.8 Å². The molecule has 1 fully saturated rings. The highest BCUT2D eigenvalue weighted by Crippen LogP contribution is 2.26. The zero-order valence-electron chi connectivity index (χ0n) is 13.0. The van der Waals surface area contributed by atoms with E-state index in [0.717, 1.165) is 44.0 Å². The number of unbranched alkanes of at least 4 members (excludes halogenated alkanes) is 1. The topological polar surface area (TPSA) is 59.6 Å². The minimum absolute atomic E-state index is 0.603. The SMILES string of the molecule is COc1ccc(CCCCNC(N)=NCC2CCC2)cc1. The van der Waals surface area contributed by atoms with Crippen LogP contribution in [0.15, 0.2) is 29.3 Å². The summed E-state index contributed by atoms with van der Waals surface area (Å²) in [5.74, 6) is 2.29.